The minimum Gasteiger partial charge on any atom is -0.352 e. The van der Waals surface area contributed by atoms with E-state index in [1.54, 1.807) is 18.3 Å². The molecule has 1 N–H and O–H groups in total. The second kappa shape index (κ2) is 8.32. The molecule has 2 heterocycles. The maximum absolute atomic E-state index is 12.1. The number of likely N-dealkylation sites (tertiary alicyclic amines) is 1. The number of carbonyl (C=O) groups is 1. The SMILES string of the molecule is O=C(Cn1ccccc1=O)NC1CCN(Cc2ccc(Cl)cc2)CC1. The lowest BCUT2D eigenvalue weighted by Crippen LogP contribution is -2.45. The second-order valence-corrected chi connectivity index (χ2v) is 6.85. The number of aromatic nitrogens is 1. The lowest BCUT2D eigenvalue weighted by Gasteiger charge is -2.32. The van der Waals surface area contributed by atoms with Gasteiger partial charge in [0.1, 0.15) is 6.54 Å². The molecule has 0 spiro atoms. The minimum atomic E-state index is -0.157. The maximum atomic E-state index is 12.1. The molecular weight excluding hydrogens is 338 g/mol. The predicted octanol–water partition coefficient (Wildman–Crippen LogP) is 2.28. The van der Waals surface area contributed by atoms with Gasteiger partial charge in [-0.3, -0.25) is 14.5 Å². The van der Waals surface area contributed by atoms with Gasteiger partial charge in [-0.1, -0.05) is 29.8 Å². The van der Waals surface area contributed by atoms with Crippen molar-refractivity contribution in [3.63, 3.8) is 0 Å². The van der Waals surface area contributed by atoms with E-state index in [9.17, 15) is 9.59 Å². The third-order valence-corrected chi connectivity index (χ3v) is 4.74. The fourth-order valence-corrected chi connectivity index (χ4v) is 3.23. The number of hydrogen-bond acceptors (Lipinski definition) is 3. The Kier molecular flexibility index (Phi) is 5.89. The number of nitrogens with one attached hydrogen (secondary N) is 1. The average molecular weight is 360 g/mol. The van der Waals surface area contributed by atoms with Gasteiger partial charge in [-0.25, -0.2) is 0 Å². The van der Waals surface area contributed by atoms with E-state index in [0.29, 0.717) is 0 Å². The standard InChI is InChI=1S/C19H22ClN3O2/c20-16-6-4-15(5-7-16)13-22-11-8-17(9-12-22)21-18(24)14-23-10-2-1-3-19(23)25/h1-7,10,17H,8-9,11-14H2,(H,21,24). The first kappa shape index (κ1) is 17.7. The van der Waals surface area contributed by atoms with Crippen molar-refractivity contribution in [2.75, 3.05) is 13.1 Å². The van der Waals surface area contributed by atoms with E-state index in [1.165, 1.54) is 16.2 Å². The zero-order chi connectivity index (χ0) is 17.6. The Bertz CT molecular complexity index is 765. The van der Waals surface area contributed by atoms with Crippen LogP contribution >= 0.6 is 11.6 Å². The number of carbonyl (C=O) groups excluding carboxylic acids is 1. The summed E-state index contributed by atoms with van der Waals surface area (Å²) in [4.78, 5) is 26.2. The molecule has 0 unspecified atom stereocenters. The van der Waals surface area contributed by atoms with Gasteiger partial charge < -0.3 is 9.88 Å². The molecule has 1 aliphatic rings. The highest BCUT2D eigenvalue weighted by atomic mass is 35.5. The van der Waals surface area contributed by atoms with Crippen LogP contribution < -0.4 is 10.9 Å². The zero-order valence-corrected chi connectivity index (χ0v) is 14.8. The van der Waals surface area contributed by atoms with Gasteiger partial charge in [0.25, 0.3) is 5.56 Å². The highest BCUT2D eigenvalue weighted by Gasteiger charge is 2.20. The van der Waals surface area contributed by atoms with Crippen LogP contribution in [-0.4, -0.2) is 34.5 Å². The third-order valence-electron chi connectivity index (χ3n) is 4.49. The Morgan fingerprint density at radius 3 is 2.52 bits per heavy atom. The number of pyridine rings is 1. The van der Waals surface area contributed by atoms with Crippen molar-refractivity contribution >= 4 is 17.5 Å². The molecule has 1 amide bonds. The van der Waals surface area contributed by atoms with Gasteiger partial charge in [0.2, 0.25) is 5.91 Å². The molecule has 1 fully saturated rings. The van der Waals surface area contributed by atoms with Gasteiger partial charge in [0, 0.05) is 43.0 Å². The number of piperidine rings is 1. The molecule has 1 aromatic heterocycles. The Labute approximate surface area is 152 Å². The summed E-state index contributed by atoms with van der Waals surface area (Å²) in [5, 5.41) is 3.80. The van der Waals surface area contributed by atoms with Crippen molar-refractivity contribution in [2.45, 2.75) is 32.0 Å². The Balaban J connectivity index is 1.44. The first-order valence-electron chi connectivity index (χ1n) is 8.52. The summed E-state index contributed by atoms with van der Waals surface area (Å²) < 4.78 is 1.42. The normalized spacial score (nSPS) is 15.9. The second-order valence-electron chi connectivity index (χ2n) is 6.41. The monoisotopic (exact) mass is 359 g/mol. The van der Waals surface area contributed by atoms with Crippen molar-refractivity contribution in [2.24, 2.45) is 0 Å². The Hall–Kier alpha value is -2.11. The van der Waals surface area contributed by atoms with E-state index in [0.717, 1.165) is 37.5 Å². The minimum absolute atomic E-state index is 0.0741. The van der Waals surface area contributed by atoms with E-state index in [1.807, 2.05) is 24.3 Å². The molecule has 0 bridgehead atoms. The van der Waals surface area contributed by atoms with Crippen LogP contribution in [0.5, 0.6) is 0 Å². The smallest absolute Gasteiger partial charge is 0.250 e. The molecule has 0 radical (unpaired) electrons. The number of benzene rings is 1. The molecule has 5 nitrogen and oxygen atoms in total. The number of rotatable bonds is 5. The summed E-state index contributed by atoms with van der Waals surface area (Å²) in [7, 11) is 0. The first-order valence-corrected chi connectivity index (χ1v) is 8.89. The predicted molar refractivity (Wildman–Crippen MR) is 98.6 cm³/mol. The van der Waals surface area contributed by atoms with Crippen LogP contribution in [-0.2, 0) is 17.9 Å². The van der Waals surface area contributed by atoms with Gasteiger partial charge in [-0.15, -0.1) is 0 Å². The molecule has 1 aromatic carbocycles. The molecular formula is C19H22ClN3O2. The number of amides is 1. The van der Waals surface area contributed by atoms with Crippen LogP contribution in [0.25, 0.3) is 0 Å². The molecule has 2 aromatic rings. The Morgan fingerprint density at radius 1 is 1.12 bits per heavy atom. The molecule has 1 saturated heterocycles. The fourth-order valence-electron chi connectivity index (χ4n) is 3.10. The molecule has 0 saturated carbocycles. The van der Waals surface area contributed by atoms with Crippen LogP contribution in [0.4, 0.5) is 0 Å². The van der Waals surface area contributed by atoms with Crippen LogP contribution in [0.2, 0.25) is 5.02 Å². The lowest BCUT2D eigenvalue weighted by molar-refractivity contribution is -0.122. The van der Waals surface area contributed by atoms with E-state index in [2.05, 4.69) is 10.2 Å². The maximum Gasteiger partial charge on any atom is 0.250 e. The third kappa shape index (κ3) is 5.18. The average Bonchev–Trinajstić information content (AvgIpc) is 2.61. The summed E-state index contributed by atoms with van der Waals surface area (Å²) >= 11 is 5.91. The molecule has 132 valence electrons. The van der Waals surface area contributed by atoms with Crippen LogP contribution in [0.15, 0.2) is 53.5 Å². The van der Waals surface area contributed by atoms with Crippen LogP contribution in [0.1, 0.15) is 18.4 Å². The quantitative estimate of drug-likeness (QED) is 0.891. The van der Waals surface area contributed by atoms with Gasteiger partial charge in [0.05, 0.1) is 0 Å². The summed E-state index contributed by atoms with van der Waals surface area (Å²) in [5.74, 6) is -0.107. The van der Waals surface area contributed by atoms with Crippen molar-refractivity contribution in [3.05, 3.63) is 69.6 Å². The van der Waals surface area contributed by atoms with Gasteiger partial charge in [-0.05, 0) is 36.6 Å². The van der Waals surface area contributed by atoms with Crippen molar-refractivity contribution < 1.29 is 4.79 Å². The molecule has 6 heteroatoms. The summed E-state index contributed by atoms with van der Waals surface area (Å²) in [6.07, 6.45) is 3.47. The molecule has 3 rings (SSSR count). The van der Waals surface area contributed by atoms with Crippen molar-refractivity contribution in [1.29, 1.82) is 0 Å². The van der Waals surface area contributed by atoms with Gasteiger partial charge in [0.15, 0.2) is 0 Å². The van der Waals surface area contributed by atoms with E-state index < -0.39 is 0 Å². The summed E-state index contributed by atoms with van der Waals surface area (Å²) in [6.45, 7) is 2.86. The highest BCUT2D eigenvalue weighted by Crippen LogP contribution is 2.16. The highest BCUT2D eigenvalue weighted by molar-refractivity contribution is 6.30. The van der Waals surface area contributed by atoms with Gasteiger partial charge >= 0.3 is 0 Å². The molecule has 1 aliphatic heterocycles. The van der Waals surface area contributed by atoms with Crippen LogP contribution in [0.3, 0.4) is 0 Å². The molecule has 0 aliphatic carbocycles. The summed E-state index contributed by atoms with van der Waals surface area (Å²) in [5.41, 5.74) is 1.09. The van der Waals surface area contributed by atoms with Crippen LogP contribution in [0, 0.1) is 0 Å². The number of nitrogens with zero attached hydrogens (tertiary/aromatic N) is 2. The fraction of sp³-hybridized carbons (Fsp3) is 0.368. The van der Waals surface area contributed by atoms with Gasteiger partial charge in [-0.2, -0.15) is 0 Å². The largest absolute Gasteiger partial charge is 0.352 e. The first-order chi connectivity index (χ1) is 12.1. The molecule has 25 heavy (non-hydrogen) atoms. The lowest BCUT2D eigenvalue weighted by atomic mass is 10.0. The van der Waals surface area contributed by atoms with E-state index in [-0.39, 0.29) is 24.1 Å². The Morgan fingerprint density at radius 2 is 1.84 bits per heavy atom. The topological polar surface area (TPSA) is 54.3 Å². The van der Waals surface area contributed by atoms with E-state index >= 15 is 0 Å². The summed E-state index contributed by atoms with van der Waals surface area (Å²) in [6, 6.07) is 13.0. The number of hydrogen-bond donors (Lipinski definition) is 1. The van der Waals surface area contributed by atoms with Crippen molar-refractivity contribution in [3.8, 4) is 0 Å². The van der Waals surface area contributed by atoms with E-state index in [4.69, 9.17) is 11.6 Å². The number of halogens is 1. The van der Waals surface area contributed by atoms with Crippen molar-refractivity contribution in [1.82, 2.24) is 14.8 Å². The zero-order valence-electron chi connectivity index (χ0n) is 14.0. The molecule has 0 atom stereocenters.